The number of halogens is 1. The van der Waals surface area contributed by atoms with Gasteiger partial charge in [-0.15, -0.1) is 12.4 Å². The van der Waals surface area contributed by atoms with Gasteiger partial charge in [0.2, 0.25) is 10.0 Å². The van der Waals surface area contributed by atoms with Gasteiger partial charge in [-0.05, 0) is 92.4 Å². The number of carbonyl (C=O) groups is 2. The van der Waals surface area contributed by atoms with Crippen LogP contribution in [0.5, 0.6) is 11.5 Å². The van der Waals surface area contributed by atoms with Gasteiger partial charge in [0.25, 0.3) is 0 Å². The third kappa shape index (κ3) is 10.6. The van der Waals surface area contributed by atoms with E-state index in [1.165, 1.54) is 12.5 Å². The Balaban J connectivity index is 0.00000506. The zero-order chi connectivity index (χ0) is 30.1. The number of ether oxygens (including phenoxy) is 1. The van der Waals surface area contributed by atoms with E-state index in [0.29, 0.717) is 28.4 Å². The smallest absolute Gasteiger partial charge is 0.322 e. The van der Waals surface area contributed by atoms with Crippen LogP contribution in [0.2, 0.25) is 0 Å². The summed E-state index contributed by atoms with van der Waals surface area (Å²) in [6.45, 7) is 7.01. The number of urea groups is 1. The van der Waals surface area contributed by atoms with Crippen LogP contribution in [0.3, 0.4) is 0 Å². The summed E-state index contributed by atoms with van der Waals surface area (Å²) >= 11 is 0. The van der Waals surface area contributed by atoms with E-state index >= 15 is 0 Å². The zero-order valence-corrected chi connectivity index (χ0v) is 26.5. The zero-order valence-electron chi connectivity index (χ0n) is 24.9. The maximum atomic E-state index is 13.2. The molecule has 0 spiro atoms. The second-order valence-corrected chi connectivity index (χ2v) is 12.5. The van der Waals surface area contributed by atoms with Crippen LogP contribution in [0.1, 0.15) is 55.5 Å². The Labute approximate surface area is 261 Å². The molecule has 4 rings (SSSR count). The number of carbonyl (C=O) groups excluding carboxylic acids is 2. The van der Waals surface area contributed by atoms with Crippen molar-refractivity contribution < 1.29 is 22.7 Å². The normalized spacial score (nSPS) is 13.9. The fourth-order valence-corrected chi connectivity index (χ4v) is 5.58. The van der Waals surface area contributed by atoms with Crippen molar-refractivity contribution in [2.75, 3.05) is 35.9 Å². The lowest BCUT2D eigenvalue weighted by atomic mass is 10.0. The number of Topliss-reactive ketones (excluding diaryl/α,β-unsaturated/α-hetero) is 1. The first-order valence-corrected chi connectivity index (χ1v) is 16.2. The molecular formula is C32H41ClN4O5S. The largest absolute Gasteiger partial charge is 0.457 e. The molecule has 2 amide bonds. The molecule has 0 bridgehead atoms. The molecule has 1 aliphatic heterocycles. The second-order valence-electron chi connectivity index (χ2n) is 10.8. The molecule has 0 aliphatic carbocycles. The van der Waals surface area contributed by atoms with E-state index in [0.717, 1.165) is 58.1 Å². The standard InChI is InChI=1S/C32H40N4O5S.ClH/c1-4-5-20-36(32(38)33-27-10-8-26(9-11-27)24(2)37)29-18-21-35(22-19-29)23-25-6-14-30(15-7-25)41-31-16-12-28(13-17-31)34-42(3,39)40;/h6-17,29,34H,4-5,18-23H2,1-3H3,(H,33,38);1H. The summed E-state index contributed by atoms with van der Waals surface area (Å²) in [4.78, 5) is 29.2. The van der Waals surface area contributed by atoms with Crippen LogP contribution >= 0.6 is 12.4 Å². The second kappa shape index (κ2) is 15.7. The minimum atomic E-state index is -3.32. The predicted molar refractivity (Wildman–Crippen MR) is 174 cm³/mol. The van der Waals surface area contributed by atoms with Crippen molar-refractivity contribution in [3.63, 3.8) is 0 Å². The number of amides is 2. The van der Waals surface area contributed by atoms with E-state index in [1.807, 2.05) is 17.0 Å². The number of likely N-dealkylation sites (tertiary alicyclic amines) is 1. The maximum Gasteiger partial charge on any atom is 0.322 e. The number of hydrogen-bond acceptors (Lipinski definition) is 6. The third-order valence-electron chi connectivity index (χ3n) is 7.28. The molecule has 1 saturated heterocycles. The summed E-state index contributed by atoms with van der Waals surface area (Å²) in [6, 6.07) is 21.9. The lowest BCUT2D eigenvalue weighted by Gasteiger charge is -2.38. The molecule has 0 saturated carbocycles. The highest BCUT2D eigenvalue weighted by atomic mass is 35.5. The van der Waals surface area contributed by atoms with Gasteiger partial charge in [-0.2, -0.15) is 0 Å². The Hall–Kier alpha value is -3.60. The molecule has 3 aromatic rings. The predicted octanol–water partition coefficient (Wildman–Crippen LogP) is 6.77. The number of anilines is 2. The average molecular weight is 629 g/mol. The van der Waals surface area contributed by atoms with Crippen molar-refractivity contribution in [2.45, 2.75) is 52.1 Å². The van der Waals surface area contributed by atoms with E-state index in [4.69, 9.17) is 4.74 Å². The fourth-order valence-electron chi connectivity index (χ4n) is 5.01. The van der Waals surface area contributed by atoms with Gasteiger partial charge in [0.1, 0.15) is 11.5 Å². The number of nitrogens with zero attached hydrogens (tertiary/aromatic N) is 2. The lowest BCUT2D eigenvalue weighted by molar-refractivity contribution is 0.101. The van der Waals surface area contributed by atoms with Crippen LogP contribution < -0.4 is 14.8 Å². The number of unbranched alkanes of at least 4 members (excludes halogenated alkanes) is 1. The number of ketones is 1. The first-order chi connectivity index (χ1) is 20.1. The van der Waals surface area contributed by atoms with E-state index in [1.54, 1.807) is 48.5 Å². The molecule has 9 nitrogen and oxygen atoms in total. The minimum Gasteiger partial charge on any atom is -0.457 e. The highest BCUT2D eigenvalue weighted by molar-refractivity contribution is 7.92. The van der Waals surface area contributed by atoms with Gasteiger partial charge in [-0.25, -0.2) is 13.2 Å². The van der Waals surface area contributed by atoms with Crippen molar-refractivity contribution in [3.05, 3.63) is 83.9 Å². The molecule has 0 unspecified atom stereocenters. The van der Waals surface area contributed by atoms with Gasteiger partial charge in [-0.1, -0.05) is 25.5 Å². The van der Waals surface area contributed by atoms with E-state index in [-0.39, 0.29) is 30.3 Å². The molecular weight excluding hydrogens is 588 g/mol. The SMILES string of the molecule is CCCCN(C(=O)Nc1ccc(C(C)=O)cc1)C1CCN(Cc2ccc(Oc3ccc(NS(C)(=O)=O)cc3)cc2)CC1.Cl. The molecule has 1 aliphatic rings. The number of sulfonamides is 1. The Morgan fingerprint density at radius 1 is 0.907 bits per heavy atom. The van der Waals surface area contributed by atoms with Crippen molar-refractivity contribution in [3.8, 4) is 11.5 Å². The van der Waals surface area contributed by atoms with Crippen molar-refractivity contribution in [1.29, 1.82) is 0 Å². The highest BCUT2D eigenvalue weighted by Gasteiger charge is 2.28. The van der Waals surface area contributed by atoms with E-state index in [9.17, 15) is 18.0 Å². The topological polar surface area (TPSA) is 108 Å². The first kappa shape index (κ1) is 33.9. The molecule has 2 N–H and O–H groups in total. The van der Waals surface area contributed by atoms with Crippen molar-refractivity contribution >= 4 is 45.6 Å². The first-order valence-electron chi connectivity index (χ1n) is 14.4. The Bertz CT molecular complexity index is 1440. The molecule has 0 radical (unpaired) electrons. The van der Waals surface area contributed by atoms with Gasteiger partial charge in [0, 0.05) is 49.2 Å². The molecule has 3 aromatic carbocycles. The highest BCUT2D eigenvalue weighted by Crippen LogP contribution is 2.25. The van der Waals surface area contributed by atoms with Gasteiger partial charge in [0.05, 0.1) is 6.26 Å². The summed E-state index contributed by atoms with van der Waals surface area (Å²) in [5.74, 6) is 1.32. The summed E-state index contributed by atoms with van der Waals surface area (Å²) in [5, 5.41) is 3.02. The third-order valence-corrected chi connectivity index (χ3v) is 7.88. The van der Waals surface area contributed by atoms with Gasteiger partial charge < -0.3 is 15.0 Å². The van der Waals surface area contributed by atoms with Crippen LogP contribution in [-0.2, 0) is 16.6 Å². The Kier molecular flexibility index (Phi) is 12.4. The molecule has 11 heteroatoms. The summed E-state index contributed by atoms with van der Waals surface area (Å²) in [5.41, 5.74) is 2.99. The van der Waals surface area contributed by atoms with Crippen LogP contribution in [0.25, 0.3) is 0 Å². The fraction of sp³-hybridized carbons (Fsp3) is 0.375. The summed E-state index contributed by atoms with van der Waals surface area (Å²) < 4.78 is 31.1. The van der Waals surface area contributed by atoms with Gasteiger partial charge in [-0.3, -0.25) is 14.4 Å². The number of benzene rings is 3. The van der Waals surface area contributed by atoms with E-state index < -0.39 is 10.0 Å². The van der Waals surface area contributed by atoms with Crippen molar-refractivity contribution in [2.24, 2.45) is 0 Å². The van der Waals surface area contributed by atoms with E-state index in [2.05, 4.69) is 34.0 Å². The quantitative estimate of drug-likeness (QED) is 0.214. The van der Waals surface area contributed by atoms with Crippen molar-refractivity contribution in [1.82, 2.24) is 9.80 Å². The van der Waals surface area contributed by atoms with Crippen LogP contribution in [0.4, 0.5) is 16.2 Å². The molecule has 1 heterocycles. The molecule has 0 atom stereocenters. The molecule has 232 valence electrons. The van der Waals surface area contributed by atoms with Crippen LogP contribution in [0.15, 0.2) is 72.8 Å². The molecule has 43 heavy (non-hydrogen) atoms. The number of rotatable bonds is 12. The number of nitrogens with one attached hydrogen (secondary N) is 2. The van der Waals surface area contributed by atoms with Gasteiger partial charge in [0.15, 0.2) is 5.78 Å². The Morgan fingerprint density at radius 3 is 2.00 bits per heavy atom. The van der Waals surface area contributed by atoms with Crippen LogP contribution in [0, 0.1) is 0 Å². The number of hydrogen-bond donors (Lipinski definition) is 2. The maximum absolute atomic E-state index is 13.2. The molecule has 1 fully saturated rings. The average Bonchev–Trinajstić information content (AvgIpc) is 2.96. The minimum absolute atomic E-state index is 0. The summed E-state index contributed by atoms with van der Waals surface area (Å²) in [6.07, 6.45) is 4.90. The van der Waals surface area contributed by atoms with Gasteiger partial charge >= 0.3 is 6.03 Å². The monoisotopic (exact) mass is 628 g/mol. The number of piperidine rings is 1. The molecule has 0 aromatic heterocycles. The van der Waals surface area contributed by atoms with Crippen LogP contribution in [-0.4, -0.2) is 62.0 Å². The lowest BCUT2D eigenvalue weighted by Crippen LogP contribution is -2.49. The Morgan fingerprint density at radius 2 is 1.47 bits per heavy atom. The summed E-state index contributed by atoms with van der Waals surface area (Å²) in [7, 11) is -3.32.